The predicted octanol–water partition coefficient (Wildman–Crippen LogP) is 2.67. The summed E-state index contributed by atoms with van der Waals surface area (Å²) in [7, 11) is 0. The van der Waals surface area contributed by atoms with Crippen molar-refractivity contribution in [1.29, 1.82) is 0 Å². The first-order valence-corrected chi connectivity index (χ1v) is 12.6. The number of hydrogen-bond donors (Lipinski definition) is 1. The smallest absolute Gasteiger partial charge is 0.220 e. The molecule has 5 rings (SSSR count). The fourth-order valence-electron chi connectivity index (χ4n) is 5.59. The lowest BCUT2D eigenvalue weighted by atomic mass is 9.99. The summed E-state index contributed by atoms with van der Waals surface area (Å²) in [5, 5.41) is 16.5. The Kier molecular flexibility index (Phi) is 6.57. The second kappa shape index (κ2) is 9.73. The van der Waals surface area contributed by atoms with E-state index in [2.05, 4.69) is 32.2 Å². The topological polar surface area (TPSA) is 78.7 Å². The number of rotatable bonds is 7. The Balaban J connectivity index is 1.11. The highest BCUT2D eigenvalue weighted by atomic mass is 16.1. The van der Waals surface area contributed by atoms with Crippen LogP contribution in [0.1, 0.15) is 64.1 Å². The normalized spacial score (nSPS) is 23.4. The van der Waals surface area contributed by atoms with E-state index in [1.807, 2.05) is 16.6 Å². The van der Waals surface area contributed by atoms with Crippen LogP contribution in [-0.2, 0) is 11.2 Å². The fraction of sp³-hybridized carbons (Fsp3) is 0.750. The molecule has 8 nitrogen and oxygen atoms in total. The lowest BCUT2D eigenvalue weighted by Gasteiger charge is -2.30. The standard InChI is InChI=1S/C24H37N7O/c1-18-10-13-29(14-11-18)23-7-6-21-26-27-22(31(21)28-23)8-9-24(32)25-16-19-12-15-30(17-19)20-4-2-3-5-20/h6-7,18-20H,2-5,8-17H2,1H3,(H,25,32)/t19-/m0/s1. The zero-order valence-corrected chi connectivity index (χ0v) is 19.4. The lowest BCUT2D eigenvalue weighted by molar-refractivity contribution is -0.121. The third kappa shape index (κ3) is 4.90. The fourth-order valence-corrected chi connectivity index (χ4v) is 5.59. The van der Waals surface area contributed by atoms with Crippen molar-refractivity contribution in [3.05, 3.63) is 18.0 Å². The average Bonchev–Trinajstić information content (AvgIpc) is 3.57. The van der Waals surface area contributed by atoms with Gasteiger partial charge < -0.3 is 15.1 Å². The van der Waals surface area contributed by atoms with E-state index in [1.54, 1.807) is 0 Å². The molecular formula is C24H37N7O. The van der Waals surface area contributed by atoms with Gasteiger partial charge in [-0.15, -0.1) is 15.3 Å². The molecule has 2 aliphatic heterocycles. The number of aromatic nitrogens is 4. The number of piperidine rings is 1. The Labute approximate surface area is 190 Å². The minimum Gasteiger partial charge on any atom is -0.356 e. The molecule has 1 atom stereocenters. The maximum absolute atomic E-state index is 12.5. The van der Waals surface area contributed by atoms with Crippen molar-refractivity contribution in [3.63, 3.8) is 0 Å². The Bertz CT molecular complexity index is 914. The number of carbonyl (C=O) groups is 1. The molecule has 1 saturated carbocycles. The number of fused-ring (bicyclic) bond motifs is 1. The number of aryl methyl sites for hydroxylation is 1. The highest BCUT2D eigenvalue weighted by molar-refractivity contribution is 5.76. The van der Waals surface area contributed by atoms with Gasteiger partial charge in [0.1, 0.15) is 5.82 Å². The minimum atomic E-state index is 0.0993. The van der Waals surface area contributed by atoms with Crippen LogP contribution in [-0.4, -0.2) is 69.4 Å². The molecule has 1 aliphatic carbocycles. The van der Waals surface area contributed by atoms with E-state index in [0.717, 1.165) is 55.4 Å². The number of amides is 1. The summed E-state index contributed by atoms with van der Waals surface area (Å²) in [6.07, 6.45) is 10.1. The highest BCUT2D eigenvalue weighted by Crippen LogP contribution is 2.28. The van der Waals surface area contributed by atoms with Gasteiger partial charge in [-0.2, -0.15) is 4.52 Å². The van der Waals surface area contributed by atoms with Crippen molar-refractivity contribution >= 4 is 17.4 Å². The summed E-state index contributed by atoms with van der Waals surface area (Å²) in [6.45, 7) is 7.52. The van der Waals surface area contributed by atoms with Crippen molar-refractivity contribution in [2.45, 2.75) is 70.8 Å². The van der Waals surface area contributed by atoms with Gasteiger partial charge in [-0.1, -0.05) is 19.8 Å². The van der Waals surface area contributed by atoms with Gasteiger partial charge in [-0.05, 0) is 62.6 Å². The lowest BCUT2D eigenvalue weighted by Crippen LogP contribution is -2.34. The van der Waals surface area contributed by atoms with E-state index in [4.69, 9.17) is 5.10 Å². The number of nitrogens with zero attached hydrogens (tertiary/aromatic N) is 6. The van der Waals surface area contributed by atoms with Crippen molar-refractivity contribution in [2.24, 2.45) is 11.8 Å². The van der Waals surface area contributed by atoms with Crippen LogP contribution in [0.15, 0.2) is 12.1 Å². The molecular weight excluding hydrogens is 402 g/mol. The van der Waals surface area contributed by atoms with Crippen LogP contribution in [0.5, 0.6) is 0 Å². The Morgan fingerprint density at radius 2 is 1.88 bits per heavy atom. The van der Waals surface area contributed by atoms with Crippen LogP contribution in [0, 0.1) is 11.8 Å². The van der Waals surface area contributed by atoms with Gasteiger partial charge in [0, 0.05) is 45.1 Å². The quantitative estimate of drug-likeness (QED) is 0.715. The molecule has 0 bridgehead atoms. The molecule has 2 aromatic heterocycles. The summed E-state index contributed by atoms with van der Waals surface area (Å²) in [5.74, 6) is 3.21. The van der Waals surface area contributed by atoms with Crippen LogP contribution in [0.4, 0.5) is 5.82 Å². The second-order valence-corrected chi connectivity index (χ2v) is 10.1. The summed E-state index contributed by atoms with van der Waals surface area (Å²) < 4.78 is 1.82. The number of carbonyl (C=O) groups excluding carboxylic acids is 1. The van der Waals surface area contributed by atoms with E-state index >= 15 is 0 Å². The first-order valence-electron chi connectivity index (χ1n) is 12.6. The number of likely N-dealkylation sites (tertiary alicyclic amines) is 1. The molecule has 1 N–H and O–H groups in total. The molecule has 174 valence electrons. The van der Waals surface area contributed by atoms with Crippen LogP contribution >= 0.6 is 0 Å². The molecule has 8 heteroatoms. The summed E-state index contributed by atoms with van der Waals surface area (Å²) in [6, 6.07) is 4.81. The van der Waals surface area contributed by atoms with E-state index in [-0.39, 0.29) is 5.91 Å². The third-order valence-corrected chi connectivity index (χ3v) is 7.74. The van der Waals surface area contributed by atoms with Gasteiger partial charge in [-0.3, -0.25) is 4.79 Å². The number of nitrogens with one attached hydrogen (secondary N) is 1. The largest absolute Gasteiger partial charge is 0.356 e. The summed E-state index contributed by atoms with van der Waals surface area (Å²) in [4.78, 5) is 17.5. The van der Waals surface area contributed by atoms with Crippen molar-refractivity contribution in [2.75, 3.05) is 37.6 Å². The Morgan fingerprint density at radius 3 is 2.69 bits per heavy atom. The van der Waals surface area contributed by atoms with Gasteiger partial charge in [0.05, 0.1) is 0 Å². The van der Waals surface area contributed by atoms with Crippen molar-refractivity contribution < 1.29 is 4.79 Å². The molecule has 1 amide bonds. The van der Waals surface area contributed by atoms with Crippen molar-refractivity contribution in [1.82, 2.24) is 30.0 Å². The van der Waals surface area contributed by atoms with Crippen LogP contribution in [0.2, 0.25) is 0 Å². The zero-order chi connectivity index (χ0) is 21.9. The molecule has 3 fully saturated rings. The molecule has 4 heterocycles. The zero-order valence-electron chi connectivity index (χ0n) is 19.4. The molecule has 0 unspecified atom stereocenters. The van der Waals surface area contributed by atoms with Crippen LogP contribution < -0.4 is 10.2 Å². The second-order valence-electron chi connectivity index (χ2n) is 10.1. The van der Waals surface area contributed by atoms with Gasteiger partial charge in [0.25, 0.3) is 0 Å². The molecule has 32 heavy (non-hydrogen) atoms. The van der Waals surface area contributed by atoms with E-state index in [0.29, 0.717) is 18.8 Å². The molecule has 3 aliphatic rings. The predicted molar refractivity (Wildman–Crippen MR) is 125 cm³/mol. The molecule has 0 spiro atoms. The van der Waals surface area contributed by atoms with E-state index in [9.17, 15) is 4.79 Å². The molecule has 0 aromatic carbocycles. The molecule has 0 radical (unpaired) electrons. The van der Waals surface area contributed by atoms with Crippen molar-refractivity contribution in [3.8, 4) is 0 Å². The Hall–Kier alpha value is -2.22. The Morgan fingerprint density at radius 1 is 1.06 bits per heavy atom. The molecule has 2 aromatic rings. The molecule has 2 saturated heterocycles. The van der Waals surface area contributed by atoms with E-state index < -0.39 is 0 Å². The maximum atomic E-state index is 12.5. The van der Waals surface area contributed by atoms with Gasteiger partial charge in [0.2, 0.25) is 5.91 Å². The number of anilines is 1. The van der Waals surface area contributed by atoms with Gasteiger partial charge in [-0.25, -0.2) is 0 Å². The third-order valence-electron chi connectivity index (χ3n) is 7.74. The van der Waals surface area contributed by atoms with Gasteiger partial charge in [0.15, 0.2) is 11.5 Å². The maximum Gasteiger partial charge on any atom is 0.220 e. The van der Waals surface area contributed by atoms with Crippen LogP contribution in [0.3, 0.4) is 0 Å². The highest BCUT2D eigenvalue weighted by Gasteiger charge is 2.30. The van der Waals surface area contributed by atoms with Gasteiger partial charge >= 0.3 is 0 Å². The number of hydrogen-bond acceptors (Lipinski definition) is 6. The first kappa shape index (κ1) is 21.6. The minimum absolute atomic E-state index is 0.0993. The summed E-state index contributed by atoms with van der Waals surface area (Å²) in [5.41, 5.74) is 0.743. The first-order chi connectivity index (χ1) is 15.7. The summed E-state index contributed by atoms with van der Waals surface area (Å²) >= 11 is 0. The van der Waals surface area contributed by atoms with E-state index in [1.165, 1.54) is 51.5 Å². The van der Waals surface area contributed by atoms with Crippen LogP contribution in [0.25, 0.3) is 5.65 Å². The average molecular weight is 440 g/mol. The monoisotopic (exact) mass is 439 g/mol. The SMILES string of the molecule is CC1CCN(c2ccc3nnc(CCC(=O)NC[C@@H]4CCN(C5CCCC5)C4)n3n2)CC1.